The van der Waals surface area contributed by atoms with E-state index in [1.165, 1.54) is 51.4 Å². The molecule has 2 aliphatic heterocycles. The maximum Gasteiger partial charge on any atom is 0.0728 e. The van der Waals surface area contributed by atoms with E-state index in [0.29, 0.717) is 18.2 Å². The molecule has 3 heteroatoms. The number of hydrogen-bond donors (Lipinski definition) is 1. The molecule has 2 aliphatic rings. The van der Waals surface area contributed by atoms with E-state index in [0.717, 1.165) is 19.8 Å². The van der Waals surface area contributed by atoms with Crippen LogP contribution in [0, 0.1) is 0 Å². The fraction of sp³-hybridized carbons (Fsp3) is 1.00. The predicted octanol–water partition coefficient (Wildman–Crippen LogP) is 2.88. The summed E-state index contributed by atoms with van der Waals surface area (Å²) in [5.41, 5.74) is 0. The highest BCUT2D eigenvalue weighted by Crippen LogP contribution is 2.22. The summed E-state index contributed by atoms with van der Waals surface area (Å²) < 4.78 is 11.7. The molecule has 0 amide bonds. The van der Waals surface area contributed by atoms with E-state index >= 15 is 0 Å². The molecule has 0 saturated carbocycles. The van der Waals surface area contributed by atoms with Crippen LogP contribution in [0.5, 0.6) is 0 Å². The number of rotatable bonds is 7. The second-order valence-corrected chi connectivity index (χ2v) is 5.68. The molecule has 1 N–H and O–H groups in total. The molecule has 3 atom stereocenters. The van der Waals surface area contributed by atoms with Gasteiger partial charge in [0.05, 0.1) is 12.2 Å². The van der Waals surface area contributed by atoms with Gasteiger partial charge < -0.3 is 14.8 Å². The van der Waals surface area contributed by atoms with Crippen LogP contribution in [-0.4, -0.2) is 38.0 Å². The molecule has 0 aliphatic carbocycles. The van der Waals surface area contributed by atoms with Gasteiger partial charge in [0.1, 0.15) is 0 Å². The quantitative estimate of drug-likeness (QED) is 0.759. The fourth-order valence-corrected chi connectivity index (χ4v) is 3.07. The first-order chi connectivity index (χ1) is 8.90. The Balaban J connectivity index is 1.75. The van der Waals surface area contributed by atoms with Crippen molar-refractivity contribution in [1.82, 2.24) is 5.32 Å². The molecular weight excluding hydrogens is 226 g/mol. The maximum atomic E-state index is 5.95. The third-order valence-corrected chi connectivity index (χ3v) is 4.14. The Hall–Kier alpha value is -0.120. The molecule has 106 valence electrons. The van der Waals surface area contributed by atoms with Crippen molar-refractivity contribution in [3.63, 3.8) is 0 Å². The molecule has 0 radical (unpaired) electrons. The minimum absolute atomic E-state index is 0.437. The molecule has 2 saturated heterocycles. The first-order valence-electron chi connectivity index (χ1n) is 7.86. The summed E-state index contributed by atoms with van der Waals surface area (Å²) in [6, 6.07) is 0.537. The van der Waals surface area contributed by atoms with Crippen molar-refractivity contribution in [1.29, 1.82) is 0 Å². The van der Waals surface area contributed by atoms with E-state index in [4.69, 9.17) is 9.47 Å². The van der Waals surface area contributed by atoms with Gasteiger partial charge in [-0.15, -0.1) is 0 Å². The Morgan fingerprint density at radius 2 is 2.00 bits per heavy atom. The zero-order chi connectivity index (χ0) is 12.6. The first kappa shape index (κ1) is 14.3. The Morgan fingerprint density at radius 3 is 2.67 bits per heavy atom. The molecule has 3 unspecified atom stereocenters. The smallest absolute Gasteiger partial charge is 0.0728 e. The summed E-state index contributed by atoms with van der Waals surface area (Å²) in [7, 11) is 0. The third-order valence-electron chi connectivity index (χ3n) is 4.14. The lowest BCUT2D eigenvalue weighted by molar-refractivity contribution is -0.0128. The normalized spacial score (nSPS) is 30.5. The largest absolute Gasteiger partial charge is 0.378 e. The molecule has 0 spiro atoms. The summed E-state index contributed by atoms with van der Waals surface area (Å²) in [4.78, 5) is 0. The van der Waals surface area contributed by atoms with E-state index in [1.54, 1.807) is 0 Å². The van der Waals surface area contributed by atoms with Crippen molar-refractivity contribution in [2.45, 2.75) is 76.5 Å². The zero-order valence-electron chi connectivity index (χ0n) is 11.8. The van der Waals surface area contributed by atoms with Gasteiger partial charge in [-0.05, 0) is 57.9 Å². The maximum absolute atomic E-state index is 5.95. The highest BCUT2D eigenvalue weighted by Gasteiger charge is 2.25. The van der Waals surface area contributed by atoms with Crippen LogP contribution in [0.3, 0.4) is 0 Å². The topological polar surface area (TPSA) is 30.5 Å². The van der Waals surface area contributed by atoms with Crippen LogP contribution in [-0.2, 0) is 9.47 Å². The van der Waals surface area contributed by atoms with Gasteiger partial charge in [0, 0.05) is 19.3 Å². The van der Waals surface area contributed by atoms with E-state index in [2.05, 4.69) is 12.2 Å². The van der Waals surface area contributed by atoms with Gasteiger partial charge in [0.15, 0.2) is 0 Å². The van der Waals surface area contributed by atoms with Crippen molar-refractivity contribution in [2.24, 2.45) is 0 Å². The molecule has 3 nitrogen and oxygen atoms in total. The van der Waals surface area contributed by atoms with Crippen LogP contribution in [0.4, 0.5) is 0 Å². The van der Waals surface area contributed by atoms with Gasteiger partial charge in [-0.2, -0.15) is 0 Å². The fourth-order valence-electron chi connectivity index (χ4n) is 3.07. The van der Waals surface area contributed by atoms with Crippen molar-refractivity contribution in [3.05, 3.63) is 0 Å². The van der Waals surface area contributed by atoms with Gasteiger partial charge in [0.2, 0.25) is 0 Å². The van der Waals surface area contributed by atoms with Crippen LogP contribution >= 0.6 is 0 Å². The first-order valence-corrected chi connectivity index (χ1v) is 7.86. The predicted molar refractivity (Wildman–Crippen MR) is 73.9 cm³/mol. The minimum Gasteiger partial charge on any atom is -0.378 e. The Morgan fingerprint density at radius 1 is 1.11 bits per heavy atom. The Bertz CT molecular complexity index is 211. The van der Waals surface area contributed by atoms with Gasteiger partial charge in [-0.1, -0.05) is 6.92 Å². The van der Waals surface area contributed by atoms with Gasteiger partial charge in [-0.25, -0.2) is 0 Å². The second-order valence-electron chi connectivity index (χ2n) is 5.68. The number of hydrogen-bond acceptors (Lipinski definition) is 3. The summed E-state index contributed by atoms with van der Waals surface area (Å²) in [5, 5.41) is 3.68. The van der Waals surface area contributed by atoms with Crippen LogP contribution in [0.1, 0.15) is 58.3 Å². The minimum atomic E-state index is 0.437. The summed E-state index contributed by atoms with van der Waals surface area (Å²) in [6.07, 6.45) is 10.8. The van der Waals surface area contributed by atoms with Gasteiger partial charge in [-0.3, -0.25) is 0 Å². The molecule has 0 aromatic carbocycles. The van der Waals surface area contributed by atoms with Crippen LogP contribution in [0.25, 0.3) is 0 Å². The van der Waals surface area contributed by atoms with Crippen molar-refractivity contribution in [2.75, 3.05) is 19.8 Å². The molecule has 0 aromatic rings. The second kappa shape index (κ2) is 8.13. The van der Waals surface area contributed by atoms with E-state index in [-0.39, 0.29) is 0 Å². The standard InChI is InChI=1S/C15H29NO2/c1-2-10-16-14(15-7-3-4-11-18-15)9-8-13-6-5-12-17-13/h13-16H,2-12H2,1H3. The average molecular weight is 255 g/mol. The molecule has 0 aromatic heterocycles. The number of ether oxygens (including phenoxy) is 2. The lowest BCUT2D eigenvalue weighted by atomic mass is 9.96. The lowest BCUT2D eigenvalue weighted by Crippen LogP contribution is -2.43. The summed E-state index contributed by atoms with van der Waals surface area (Å²) in [6.45, 7) is 5.26. The highest BCUT2D eigenvalue weighted by molar-refractivity contribution is 4.81. The van der Waals surface area contributed by atoms with Crippen LogP contribution in [0.15, 0.2) is 0 Å². The van der Waals surface area contributed by atoms with Crippen LogP contribution < -0.4 is 5.32 Å². The van der Waals surface area contributed by atoms with E-state index in [1.807, 2.05) is 0 Å². The van der Waals surface area contributed by atoms with Crippen LogP contribution in [0.2, 0.25) is 0 Å². The molecule has 2 fully saturated rings. The summed E-state index contributed by atoms with van der Waals surface area (Å²) in [5.74, 6) is 0. The van der Waals surface area contributed by atoms with E-state index < -0.39 is 0 Å². The number of nitrogens with one attached hydrogen (secondary N) is 1. The molecule has 2 rings (SSSR count). The highest BCUT2D eigenvalue weighted by atomic mass is 16.5. The molecule has 0 bridgehead atoms. The van der Waals surface area contributed by atoms with E-state index in [9.17, 15) is 0 Å². The average Bonchev–Trinajstić information content (AvgIpc) is 2.93. The Labute approximate surface area is 112 Å². The monoisotopic (exact) mass is 255 g/mol. The van der Waals surface area contributed by atoms with Gasteiger partial charge in [0.25, 0.3) is 0 Å². The Kier molecular flexibility index (Phi) is 6.46. The zero-order valence-corrected chi connectivity index (χ0v) is 11.8. The molecular formula is C15H29NO2. The lowest BCUT2D eigenvalue weighted by Gasteiger charge is -2.32. The molecule has 18 heavy (non-hydrogen) atoms. The van der Waals surface area contributed by atoms with Crippen molar-refractivity contribution < 1.29 is 9.47 Å². The van der Waals surface area contributed by atoms with Gasteiger partial charge >= 0.3 is 0 Å². The molecule has 2 heterocycles. The third kappa shape index (κ3) is 4.52. The summed E-state index contributed by atoms with van der Waals surface area (Å²) >= 11 is 0. The van der Waals surface area contributed by atoms with Crippen molar-refractivity contribution >= 4 is 0 Å². The SMILES string of the molecule is CCCNC(CCC1CCCO1)C1CCCCO1. The van der Waals surface area contributed by atoms with Crippen molar-refractivity contribution in [3.8, 4) is 0 Å².